The highest BCUT2D eigenvalue weighted by atomic mass is 16.6. The fourth-order valence-corrected chi connectivity index (χ4v) is 1.32. The van der Waals surface area contributed by atoms with Gasteiger partial charge in [-0.05, 0) is 11.6 Å². The molecule has 3 N–H and O–H groups in total. The summed E-state index contributed by atoms with van der Waals surface area (Å²) in [5.41, 5.74) is 0.173. The highest BCUT2D eigenvalue weighted by Crippen LogP contribution is 2.21. The second-order valence-corrected chi connectivity index (χ2v) is 3.12. The average molecular weight is 207 g/mol. The monoisotopic (exact) mass is 207 g/mol. The number of benzene rings is 1. The van der Waals surface area contributed by atoms with E-state index >= 15 is 0 Å². The third-order valence-electron chi connectivity index (χ3n) is 2.13. The molecule has 5 heteroatoms. The molecule has 0 amide bonds. The van der Waals surface area contributed by atoms with E-state index < -0.39 is 11.5 Å². The highest BCUT2D eigenvalue weighted by molar-refractivity contribution is 5.37. The first kappa shape index (κ1) is 9.39. The molecule has 0 spiro atoms. The minimum Gasteiger partial charge on any atom is -0.508 e. The Balaban J connectivity index is 2.38. The van der Waals surface area contributed by atoms with Crippen molar-refractivity contribution >= 4 is 0 Å². The molecule has 1 aromatic heterocycles. The van der Waals surface area contributed by atoms with Gasteiger partial charge in [0.1, 0.15) is 11.3 Å². The van der Waals surface area contributed by atoms with E-state index in [1.165, 1.54) is 6.07 Å². The molecule has 0 radical (unpaired) electrons. The van der Waals surface area contributed by atoms with Gasteiger partial charge in [0.05, 0.1) is 0 Å². The number of hydrogen-bond donors (Lipinski definition) is 3. The van der Waals surface area contributed by atoms with Crippen molar-refractivity contribution in [1.82, 2.24) is 5.16 Å². The van der Waals surface area contributed by atoms with E-state index in [2.05, 4.69) is 4.52 Å². The molecular formula is C10H9NO4. The predicted octanol–water partition coefficient (Wildman–Crippen LogP) is 0.970. The van der Waals surface area contributed by atoms with Gasteiger partial charge in [-0.15, -0.1) is 0 Å². The smallest absolute Gasteiger partial charge is 0.313 e. The Morgan fingerprint density at radius 2 is 2.00 bits per heavy atom. The number of aromatic hydroxyl groups is 2. The Morgan fingerprint density at radius 3 is 2.60 bits per heavy atom. The lowest BCUT2D eigenvalue weighted by Gasteiger charge is -2.00. The molecule has 0 unspecified atom stereocenters. The summed E-state index contributed by atoms with van der Waals surface area (Å²) in [5.74, 6) is -0.360. The standard InChI is InChI=1S/C10H9NO4/c12-8-4-2-1-3-6(8)5-7-9(13)11-15-10(7)14/h1-4,12,14H,5H2,(H,11,13). The largest absolute Gasteiger partial charge is 0.508 e. The molecule has 0 aliphatic heterocycles. The first-order valence-corrected chi connectivity index (χ1v) is 4.34. The van der Waals surface area contributed by atoms with E-state index in [0.717, 1.165) is 0 Å². The molecule has 0 fully saturated rings. The van der Waals surface area contributed by atoms with Crippen molar-refractivity contribution in [2.45, 2.75) is 6.42 Å². The number of para-hydroxylation sites is 1. The lowest BCUT2D eigenvalue weighted by molar-refractivity contribution is 0.274. The number of rotatable bonds is 2. The van der Waals surface area contributed by atoms with Gasteiger partial charge in [-0.2, -0.15) is 5.16 Å². The van der Waals surface area contributed by atoms with Gasteiger partial charge in [-0.1, -0.05) is 18.2 Å². The molecule has 0 saturated carbocycles. The van der Waals surface area contributed by atoms with Crippen molar-refractivity contribution in [1.29, 1.82) is 0 Å². The molecule has 5 nitrogen and oxygen atoms in total. The normalized spacial score (nSPS) is 10.4. The lowest BCUT2D eigenvalue weighted by atomic mass is 10.1. The molecule has 0 aliphatic rings. The number of phenols is 1. The summed E-state index contributed by atoms with van der Waals surface area (Å²) in [6.45, 7) is 0. The first-order chi connectivity index (χ1) is 7.18. The Hall–Kier alpha value is -2.17. The number of phenolic OH excluding ortho intramolecular Hbond substituents is 1. The number of nitrogens with one attached hydrogen (secondary N) is 1. The lowest BCUT2D eigenvalue weighted by Crippen LogP contribution is -2.05. The van der Waals surface area contributed by atoms with Crippen molar-refractivity contribution in [3.8, 4) is 11.7 Å². The predicted molar refractivity (Wildman–Crippen MR) is 51.9 cm³/mol. The zero-order valence-corrected chi connectivity index (χ0v) is 7.73. The summed E-state index contributed by atoms with van der Waals surface area (Å²) in [4.78, 5) is 11.2. The number of aromatic amines is 1. The van der Waals surface area contributed by atoms with Gasteiger partial charge in [-0.25, -0.2) is 0 Å². The zero-order valence-electron chi connectivity index (χ0n) is 7.73. The maximum atomic E-state index is 11.2. The van der Waals surface area contributed by atoms with Crippen LogP contribution in [0.4, 0.5) is 0 Å². The molecule has 2 aromatic rings. The highest BCUT2D eigenvalue weighted by Gasteiger charge is 2.13. The minimum absolute atomic E-state index is 0.0810. The third-order valence-corrected chi connectivity index (χ3v) is 2.13. The van der Waals surface area contributed by atoms with Gasteiger partial charge in [0, 0.05) is 6.42 Å². The van der Waals surface area contributed by atoms with Crippen LogP contribution < -0.4 is 5.56 Å². The van der Waals surface area contributed by atoms with Crippen LogP contribution in [0.15, 0.2) is 33.6 Å². The van der Waals surface area contributed by atoms with Crippen molar-refractivity contribution in [2.75, 3.05) is 0 Å². The summed E-state index contributed by atoms with van der Waals surface area (Å²) in [6, 6.07) is 6.60. The van der Waals surface area contributed by atoms with Crippen LogP contribution in [0.3, 0.4) is 0 Å². The van der Waals surface area contributed by atoms with Gasteiger partial charge in [0.15, 0.2) is 0 Å². The van der Waals surface area contributed by atoms with E-state index in [4.69, 9.17) is 0 Å². The van der Waals surface area contributed by atoms with Gasteiger partial charge in [0.2, 0.25) is 0 Å². The molecule has 0 bridgehead atoms. The van der Waals surface area contributed by atoms with Crippen LogP contribution in [0.1, 0.15) is 11.1 Å². The molecule has 0 saturated heterocycles. The van der Waals surface area contributed by atoms with Gasteiger partial charge < -0.3 is 14.7 Å². The van der Waals surface area contributed by atoms with Crippen LogP contribution in [0.25, 0.3) is 0 Å². The molecule has 0 atom stereocenters. The Morgan fingerprint density at radius 1 is 1.27 bits per heavy atom. The molecule has 15 heavy (non-hydrogen) atoms. The minimum atomic E-state index is -0.490. The molecule has 1 aromatic carbocycles. The van der Waals surface area contributed by atoms with Gasteiger partial charge >= 0.3 is 5.95 Å². The fourth-order valence-electron chi connectivity index (χ4n) is 1.32. The fraction of sp³-hybridized carbons (Fsp3) is 0.100. The van der Waals surface area contributed by atoms with E-state index in [1.807, 2.05) is 5.16 Å². The van der Waals surface area contributed by atoms with Crippen molar-refractivity contribution in [2.24, 2.45) is 0 Å². The van der Waals surface area contributed by atoms with E-state index in [0.29, 0.717) is 5.56 Å². The van der Waals surface area contributed by atoms with E-state index in [9.17, 15) is 15.0 Å². The van der Waals surface area contributed by atoms with Crippen molar-refractivity contribution < 1.29 is 14.7 Å². The zero-order chi connectivity index (χ0) is 10.8. The second-order valence-electron chi connectivity index (χ2n) is 3.12. The first-order valence-electron chi connectivity index (χ1n) is 4.34. The van der Waals surface area contributed by atoms with Crippen LogP contribution >= 0.6 is 0 Å². The third kappa shape index (κ3) is 1.71. The molecule has 0 aliphatic carbocycles. The SMILES string of the molecule is O=c1[nH]oc(O)c1Cc1ccccc1O. The van der Waals surface area contributed by atoms with Crippen LogP contribution in [0, 0.1) is 0 Å². The van der Waals surface area contributed by atoms with Crippen LogP contribution in [0.2, 0.25) is 0 Å². The topological polar surface area (TPSA) is 86.5 Å². The summed E-state index contributed by atoms with van der Waals surface area (Å²) in [5, 5.41) is 20.7. The number of aromatic nitrogens is 1. The van der Waals surface area contributed by atoms with Crippen molar-refractivity contribution in [3.63, 3.8) is 0 Å². The van der Waals surface area contributed by atoms with Crippen LogP contribution in [0.5, 0.6) is 11.7 Å². The van der Waals surface area contributed by atoms with Gasteiger partial charge in [-0.3, -0.25) is 4.79 Å². The van der Waals surface area contributed by atoms with Crippen molar-refractivity contribution in [3.05, 3.63) is 45.7 Å². The van der Waals surface area contributed by atoms with Crippen LogP contribution in [-0.4, -0.2) is 15.4 Å². The summed E-state index contributed by atoms with van der Waals surface area (Å²) >= 11 is 0. The quantitative estimate of drug-likeness (QED) is 0.684. The molecule has 78 valence electrons. The number of hydrogen-bond acceptors (Lipinski definition) is 4. The maximum absolute atomic E-state index is 11.2. The number of H-pyrrole nitrogens is 1. The molecule has 1 heterocycles. The maximum Gasteiger partial charge on any atom is 0.313 e. The summed E-state index contributed by atoms with van der Waals surface area (Å²) in [7, 11) is 0. The Bertz CT molecular complexity index is 526. The van der Waals surface area contributed by atoms with E-state index in [-0.39, 0.29) is 17.7 Å². The summed E-state index contributed by atoms with van der Waals surface area (Å²) in [6.07, 6.45) is 0.129. The second kappa shape index (κ2) is 3.53. The van der Waals surface area contributed by atoms with E-state index in [1.54, 1.807) is 18.2 Å². The van der Waals surface area contributed by atoms with Gasteiger partial charge in [0.25, 0.3) is 5.56 Å². The van der Waals surface area contributed by atoms with Crippen LogP contribution in [-0.2, 0) is 6.42 Å². The molecular weight excluding hydrogens is 198 g/mol. The average Bonchev–Trinajstić information content (AvgIpc) is 2.53. The Labute approximate surface area is 84.6 Å². The molecule has 2 rings (SSSR count). The summed E-state index contributed by atoms with van der Waals surface area (Å²) < 4.78 is 4.44. The Kier molecular flexibility index (Phi) is 2.21.